The molecule has 3 aromatic carbocycles. The fraction of sp³-hybridized carbons (Fsp3) is 0.231. The molecule has 0 spiro atoms. The van der Waals surface area contributed by atoms with Crippen molar-refractivity contribution in [2.24, 2.45) is 0 Å². The molecule has 5 heteroatoms. The maximum atomic E-state index is 10.2. The highest BCUT2D eigenvalue weighted by molar-refractivity contribution is 5.49. The molecule has 31 heavy (non-hydrogen) atoms. The third-order valence-electron chi connectivity index (χ3n) is 5.53. The second-order valence-corrected chi connectivity index (χ2v) is 7.26. The summed E-state index contributed by atoms with van der Waals surface area (Å²) < 4.78 is 23.0. The summed E-state index contributed by atoms with van der Waals surface area (Å²) in [6.45, 7) is 0.604. The minimum Gasteiger partial charge on any atom is -0.509 e. The molecular formula is C26H26O5. The van der Waals surface area contributed by atoms with Gasteiger partial charge < -0.3 is 24.1 Å². The molecule has 160 valence electrons. The molecule has 0 saturated heterocycles. The van der Waals surface area contributed by atoms with E-state index in [2.05, 4.69) is 0 Å². The Morgan fingerprint density at radius 3 is 1.74 bits per heavy atom. The van der Waals surface area contributed by atoms with Gasteiger partial charge in [0.2, 0.25) is 0 Å². The van der Waals surface area contributed by atoms with Crippen LogP contribution in [0.5, 0.6) is 11.5 Å². The molecule has 4 rings (SSSR count). The van der Waals surface area contributed by atoms with Crippen molar-refractivity contribution in [1.82, 2.24) is 0 Å². The molecule has 0 saturated carbocycles. The van der Waals surface area contributed by atoms with E-state index in [4.69, 9.17) is 18.9 Å². The van der Waals surface area contributed by atoms with E-state index < -0.39 is 5.60 Å². The minimum atomic E-state index is -0.932. The van der Waals surface area contributed by atoms with Gasteiger partial charge in [-0.2, -0.15) is 0 Å². The molecule has 0 bridgehead atoms. The van der Waals surface area contributed by atoms with Gasteiger partial charge in [-0.25, -0.2) is 0 Å². The van der Waals surface area contributed by atoms with Crippen LogP contribution in [0.4, 0.5) is 0 Å². The normalized spacial score (nSPS) is 13.7. The highest BCUT2D eigenvalue weighted by Gasteiger charge is 2.38. The number of rotatable bonds is 8. The van der Waals surface area contributed by atoms with Crippen molar-refractivity contribution in [3.8, 4) is 11.5 Å². The Morgan fingerprint density at radius 1 is 0.774 bits per heavy atom. The van der Waals surface area contributed by atoms with E-state index in [1.165, 1.54) is 0 Å². The number of hydrogen-bond donors (Lipinski definition) is 1. The van der Waals surface area contributed by atoms with Crippen molar-refractivity contribution in [3.63, 3.8) is 0 Å². The van der Waals surface area contributed by atoms with E-state index in [9.17, 15) is 5.11 Å². The fourth-order valence-corrected chi connectivity index (χ4v) is 3.87. The van der Waals surface area contributed by atoms with E-state index in [1.807, 2.05) is 78.9 Å². The van der Waals surface area contributed by atoms with Gasteiger partial charge in [0.15, 0.2) is 5.76 Å². The van der Waals surface area contributed by atoms with Crippen LogP contribution in [0.1, 0.15) is 23.1 Å². The summed E-state index contributed by atoms with van der Waals surface area (Å²) in [4.78, 5) is 0. The van der Waals surface area contributed by atoms with Gasteiger partial charge in [0.25, 0.3) is 0 Å². The molecule has 5 nitrogen and oxygen atoms in total. The molecule has 1 aliphatic rings. The number of benzene rings is 3. The van der Waals surface area contributed by atoms with Gasteiger partial charge in [0, 0.05) is 6.42 Å². The Balaban J connectivity index is 1.88. The summed E-state index contributed by atoms with van der Waals surface area (Å²) in [7, 11) is 3.29. The van der Waals surface area contributed by atoms with Crippen LogP contribution in [0.2, 0.25) is 0 Å². The lowest BCUT2D eigenvalue weighted by molar-refractivity contribution is 0.00653. The Bertz CT molecular complexity index is 976. The summed E-state index contributed by atoms with van der Waals surface area (Å²) in [5.41, 5.74) is 1.90. The van der Waals surface area contributed by atoms with E-state index in [0.717, 1.165) is 28.2 Å². The third-order valence-corrected chi connectivity index (χ3v) is 5.53. The van der Waals surface area contributed by atoms with Gasteiger partial charge in [-0.3, -0.25) is 0 Å². The van der Waals surface area contributed by atoms with E-state index in [0.29, 0.717) is 18.8 Å². The lowest BCUT2D eigenvalue weighted by Crippen LogP contribution is -2.33. The maximum absolute atomic E-state index is 10.2. The largest absolute Gasteiger partial charge is 0.509 e. The van der Waals surface area contributed by atoms with E-state index >= 15 is 0 Å². The van der Waals surface area contributed by atoms with Crippen LogP contribution in [-0.4, -0.2) is 32.5 Å². The van der Waals surface area contributed by atoms with Gasteiger partial charge >= 0.3 is 0 Å². The monoisotopic (exact) mass is 418 g/mol. The lowest BCUT2D eigenvalue weighted by atomic mass is 9.80. The number of methoxy groups -OCH3 is 2. The predicted molar refractivity (Wildman–Crippen MR) is 118 cm³/mol. The lowest BCUT2D eigenvalue weighted by Gasteiger charge is -2.36. The number of aliphatic hydroxyl groups excluding tert-OH is 1. The zero-order valence-electron chi connectivity index (χ0n) is 17.7. The molecule has 1 N–H and O–H groups in total. The smallest absolute Gasteiger partial charge is 0.159 e. The molecule has 0 aromatic heterocycles. The van der Waals surface area contributed by atoms with Crippen LogP contribution in [0.3, 0.4) is 0 Å². The fourth-order valence-electron chi connectivity index (χ4n) is 3.87. The molecule has 0 aliphatic carbocycles. The summed E-state index contributed by atoms with van der Waals surface area (Å²) in [5, 5.41) is 10.2. The van der Waals surface area contributed by atoms with Crippen molar-refractivity contribution in [1.29, 1.82) is 0 Å². The van der Waals surface area contributed by atoms with Crippen molar-refractivity contribution in [2.75, 3.05) is 27.4 Å². The van der Waals surface area contributed by atoms with Crippen molar-refractivity contribution in [2.45, 2.75) is 12.0 Å². The highest BCUT2D eigenvalue weighted by Crippen LogP contribution is 2.42. The standard InChI is InChI=1S/C26H26O5/c1-28-22-12-8-20(9-13-22)26(19-6-4-3-5-7-19,21-10-14-23(29-2)15-11-21)31-18-25-24(27)16-17-30-25/h3-15,27H,16-18H2,1-2H3. The predicted octanol–water partition coefficient (Wildman–Crippen LogP) is 5.20. The molecule has 1 aliphatic heterocycles. The topological polar surface area (TPSA) is 57.2 Å². The average molecular weight is 418 g/mol. The molecule has 3 aromatic rings. The number of hydrogen-bond acceptors (Lipinski definition) is 5. The highest BCUT2D eigenvalue weighted by atomic mass is 16.5. The molecule has 0 atom stereocenters. The zero-order valence-corrected chi connectivity index (χ0v) is 17.7. The maximum Gasteiger partial charge on any atom is 0.159 e. The van der Waals surface area contributed by atoms with Gasteiger partial charge in [0.05, 0.1) is 20.8 Å². The summed E-state index contributed by atoms with van der Waals surface area (Å²) in [6.07, 6.45) is 0.502. The van der Waals surface area contributed by atoms with Gasteiger partial charge in [-0.1, -0.05) is 54.6 Å². The van der Waals surface area contributed by atoms with Crippen LogP contribution < -0.4 is 9.47 Å². The molecule has 0 amide bonds. The third kappa shape index (κ3) is 4.09. The molecular weight excluding hydrogens is 392 g/mol. The van der Waals surface area contributed by atoms with Crippen molar-refractivity contribution < 1.29 is 24.1 Å². The van der Waals surface area contributed by atoms with Crippen LogP contribution in [0, 0.1) is 0 Å². The first-order chi connectivity index (χ1) is 15.2. The summed E-state index contributed by atoms with van der Waals surface area (Å²) in [5.74, 6) is 2.24. The van der Waals surface area contributed by atoms with Crippen molar-refractivity contribution >= 4 is 0 Å². The zero-order chi connectivity index (χ0) is 21.7. The molecule has 1 heterocycles. The van der Waals surface area contributed by atoms with Crippen molar-refractivity contribution in [3.05, 3.63) is 107 Å². The summed E-state index contributed by atoms with van der Waals surface area (Å²) in [6, 6.07) is 25.7. The van der Waals surface area contributed by atoms with Crippen LogP contribution in [-0.2, 0) is 15.1 Å². The first kappa shape index (κ1) is 20.8. The van der Waals surface area contributed by atoms with Gasteiger partial charge in [-0.05, 0) is 41.0 Å². The Morgan fingerprint density at radius 2 is 1.29 bits per heavy atom. The van der Waals surface area contributed by atoms with E-state index in [-0.39, 0.29) is 12.4 Å². The Hall–Kier alpha value is -3.44. The SMILES string of the molecule is COc1ccc(C(OCC2=C(O)CCO2)(c2ccccc2)c2ccc(OC)cc2)cc1. The minimum absolute atomic E-state index is 0.138. The first-order valence-electron chi connectivity index (χ1n) is 10.2. The second-order valence-electron chi connectivity index (χ2n) is 7.26. The number of ether oxygens (including phenoxy) is 4. The Labute approximate surface area is 182 Å². The molecule has 0 fully saturated rings. The van der Waals surface area contributed by atoms with E-state index in [1.54, 1.807) is 14.2 Å². The summed E-state index contributed by atoms with van der Waals surface area (Å²) >= 11 is 0. The van der Waals surface area contributed by atoms with Gasteiger partial charge in [0.1, 0.15) is 29.5 Å². The van der Waals surface area contributed by atoms with Crippen LogP contribution >= 0.6 is 0 Å². The quantitative estimate of drug-likeness (QED) is 0.510. The Kier molecular flexibility index (Phi) is 6.14. The molecule has 0 unspecified atom stereocenters. The van der Waals surface area contributed by atoms with Crippen LogP contribution in [0.15, 0.2) is 90.4 Å². The average Bonchev–Trinajstić information content (AvgIpc) is 3.25. The van der Waals surface area contributed by atoms with Gasteiger partial charge in [-0.15, -0.1) is 0 Å². The van der Waals surface area contributed by atoms with Crippen LogP contribution in [0.25, 0.3) is 0 Å². The second kappa shape index (κ2) is 9.14. The molecule has 0 radical (unpaired) electrons. The first-order valence-corrected chi connectivity index (χ1v) is 10.2. The number of aliphatic hydroxyl groups is 1.